The van der Waals surface area contributed by atoms with Crippen molar-refractivity contribution >= 4 is 5.84 Å². The van der Waals surface area contributed by atoms with Crippen LogP contribution in [0.4, 0.5) is 0 Å². The smallest absolute Gasteiger partial charge is 0.195 e. The molecule has 4 rings (SSSR count). The van der Waals surface area contributed by atoms with Crippen molar-refractivity contribution in [1.82, 2.24) is 9.97 Å². The van der Waals surface area contributed by atoms with Gasteiger partial charge in [0.25, 0.3) is 0 Å². The average Bonchev–Trinajstić information content (AvgIpc) is 3.01. The molecular formula is C21H20N4O. The SMILES string of the molecule is CCCOC1N=C(N)c2nc(-c3ccccc3)c(-c3ccccc3)nc21. The summed E-state index contributed by atoms with van der Waals surface area (Å²) in [7, 11) is 0. The van der Waals surface area contributed by atoms with Gasteiger partial charge in [-0.15, -0.1) is 0 Å². The predicted molar refractivity (Wildman–Crippen MR) is 103 cm³/mol. The maximum absolute atomic E-state index is 6.11. The normalized spacial score (nSPS) is 15.6. The molecule has 0 spiro atoms. The molecule has 0 fully saturated rings. The number of nitrogens with zero attached hydrogens (tertiary/aromatic N) is 3. The van der Waals surface area contributed by atoms with Crippen molar-refractivity contribution in [3.8, 4) is 22.5 Å². The Bertz CT molecular complexity index is 939. The van der Waals surface area contributed by atoms with Gasteiger partial charge in [0.15, 0.2) is 6.23 Å². The van der Waals surface area contributed by atoms with Gasteiger partial charge in [0, 0.05) is 17.7 Å². The van der Waals surface area contributed by atoms with E-state index in [9.17, 15) is 0 Å². The highest BCUT2D eigenvalue weighted by atomic mass is 16.5. The van der Waals surface area contributed by atoms with E-state index >= 15 is 0 Å². The maximum atomic E-state index is 6.11. The third-order valence-corrected chi connectivity index (χ3v) is 4.23. The van der Waals surface area contributed by atoms with Crippen LogP contribution in [0.3, 0.4) is 0 Å². The van der Waals surface area contributed by atoms with Crippen molar-refractivity contribution < 1.29 is 4.74 Å². The summed E-state index contributed by atoms with van der Waals surface area (Å²) < 4.78 is 5.82. The largest absolute Gasteiger partial charge is 0.382 e. The lowest BCUT2D eigenvalue weighted by Crippen LogP contribution is -2.14. The topological polar surface area (TPSA) is 73.4 Å². The molecule has 5 nitrogen and oxygen atoms in total. The molecule has 0 radical (unpaired) electrons. The molecule has 0 saturated carbocycles. The van der Waals surface area contributed by atoms with Crippen molar-refractivity contribution in [3.63, 3.8) is 0 Å². The minimum Gasteiger partial charge on any atom is -0.382 e. The van der Waals surface area contributed by atoms with Crippen LogP contribution in [0, 0.1) is 0 Å². The number of fused-ring (bicyclic) bond motifs is 1. The number of benzene rings is 2. The molecule has 26 heavy (non-hydrogen) atoms. The van der Waals surface area contributed by atoms with E-state index in [4.69, 9.17) is 20.4 Å². The van der Waals surface area contributed by atoms with E-state index in [1.807, 2.05) is 60.7 Å². The first-order valence-electron chi connectivity index (χ1n) is 8.76. The van der Waals surface area contributed by atoms with Crippen LogP contribution in [0.2, 0.25) is 0 Å². The number of rotatable bonds is 5. The zero-order valence-electron chi connectivity index (χ0n) is 14.6. The summed E-state index contributed by atoms with van der Waals surface area (Å²) in [5.74, 6) is 0.380. The molecule has 1 aliphatic rings. The fraction of sp³-hybridized carbons (Fsp3) is 0.190. The van der Waals surface area contributed by atoms with Crippen LogP contribution in [0.1, 0.15) is 31.0 Å². The number of nitrogens with two attached hydrogens (primary N) is 1. The summed E-state index contributed by atoms with van der Waals surface area (Å²) in [4.78, 5) is 14.2. The second-order valence-electron chi connectivity index (χ2n) is 6.12. The molecule has 1 unspecified atom stereocenters. The summed E-state index contributed by atoms with van der Waals surface area (Å²) in [5.41, 5.74) is 11.0. The molecule has 0 amide bonds. The van der Waals surface area contributed by atoms with Gasteiger partial charge in [-0.1, -0.05) is 67.6 Å². The first-order chi connectivity index (χ1) is 12.8. The first-order valence-corrected chi connectivity index (χ1v) is 8.76. The molecule has 2 N–H and O–H groups in total. The minimum absolute atomic E-state index is 0.380. The summed E-state index contributed by atoms with van der Waals surface area (Å²) in [6.45, 7) is 2.66. The number of hydrogen-bond acceptors (Lipinski definition) is 5. The quantitative estimate of drug-likeness (QED) is 0.760. The van der Waals surface area contributed by atoms with Crippen LogP contribution < -0.4 is 5.73 Å². The second-order valence-corrected chi connectivity index (χ2v) is 6.12. The Balaban J connectivity index is 1.90. The molecule has 1 atom stereocenters. The van der Waals surface area contributed by atoms with E-state index in [0.717, 1.165) is 28.9 Å². The van der Waals surface area contributed by atoms with Gasteiger partial charge in [-0.2, -0.15) is 0 Å². The third-order valence-electron chi connectivity index (χ3n) is 4.23. The highest BCUT2D eigenvalue weighted by molar-refractivity contribution is 6.00. The zero-order valence-corrected chi connectivity index (χ0v) is 14.6. The first kappa shape index (κ1) is 16.4. The second kappa shape index (κ2) is 7.06. The molecule has 2 aromatic carbocycles. The minimum atomic E-state index is -0.482. The van der Waals surface area contributed by atoms with E-state index in [2.05, 4.69) is 11.9 Å². The summed E-state index contributed by atoms with van der Waals surface area (Å²) >= 11 is 0. The number of hydrogen-bond donors (Lipinski definition) is 1. The van der Waals surface area contributed by atoms with E-state index in [0.29, 0.717) is 23.8 Å². The number of aromatic nitrogens is 2. The Labute approximate surface area is 152 Å². The van der Waals surface area contributed by atoms with Crippen LogP contribution in [0.5, 0.6) is 0 Å². The van der Waals surface area contributed by atoms with Crippen molar-refractivity contribution in [3.05, 3.63) is 72.1 Å². The maximum Gasteiger partial charge on any atom is 0.195 e. The van der Waals surface area contributed by atoms with Gasteiger partial charge in [0.2, 0.25) is 0 Å². The van der Waals surface area contributed by atoms with Crippen LogP contribution in [0.15, 0.2) is 65.7 Å². The summed E-state index contributed by atoms with van der Waals surface area (Å²) in [5, 5.41) is 0. The molecule has 130 valence electrons. The number of ether oxygens (including phenoxy) is 1. The fourth-order valence-electron chi connectivity index (χ4n) is 3.00. The highest BCUT2D eigenvalue weighted by Crippen LogP contribution is 2.34. The van der Waals surface area contributed by atoms with E-state index < -0.39 is 6.23 Å². The lowest BCUT2D eigenvalue weighted by atomic mass is 10.0. The standard InChI is InChI=1S/C21H20N4O/c1-2-13-26-21-19-18(20(22)25-21)23-16(14-9-5-3-6-10-14)17(24-19)15-11-7-4-8-12-15/h3-12,21H,2,13H2,1H3,(H2,22,25). The van der Waals surface area contributed by atoms with Crippen molar-refractivity contribution in [2.24, 2.45) is 10.7 Å². The Hall–Kier alpha value is -3.05. The number of aliphatic imine (C=N–C) groups is 1. The van der Waals surface area contributed by atoms with Crippen LogP contribution in [0.25, 0.3) is 22.5 Å². The van der Waals surface area contributed by atoms with Crippen molar-refractivity contribution in [1.29, 1.82) is 0 Å². The van der Waals surface area contributed by atoms with Gasteiger partial charge in [0.05, 0.1) is 11.4 Å². The third kappa shape index (κ3) is 2.97. The van der Waals surface area contributed by atoms with Crippen molar-refractivity contribution in [2.75, 3.05) is 6.61 Å². The molecule has 1 aromatic heterocycles. The Morgan fingerprint density at radius 3 is 2.00 bits per heavy atom. The molecule has 1 aliphatic heterocycles. The predicted octanol–water partition coefficient (Wildman–Crippen LogP) is 3.95. The molecule has 0 bridgehead atoms. The number of amidine groups is 1. The molecule has 0 saturated heterocycles. The zero-order chi connectivity index (χ0) is 17.9. The lowest BCUT2D eigenvalue weighted by molar-refractivity contribution is 0.0589. The monoisotopic (exact) mass is 344 g/mol. The molecular weight excluding hydrogens is 324 g/mol. The molecule has 5 heteroatoms. The van der Waals surface area contributed by atoms with E-state index in [-0.39, 0.29) is 0 Å². The summed E-state index contributed by atoms with van der Waals surface area (Å²) in [6.07, 6.45) is 0.423. The fourth-order valence-corrected chi connectivity index (χ4v) is 3.00. The average molecular weight is 344 g/mol. The lowest BCUT2D eigenvalue weighted by Gasteiger charge is -2.14. The van der Waals surface area contributed by atoms with Crippen LogP contribution in [-0.2, 0) is 4.74 Å². The Morgan fingerprint density at radius 1 is 0.846 bits per heavy atom. The van der Waals surface area contributed by atoms with E-state index in [1.165, 1.54) is 0 Å². The van der Waals surface area contributed by atoms with Gasteiger partial charge in [-0.25, -0.2) is 15.0 Å². The van der Waals surface area contributed by atoms with Gasteiger partial charge < -0.3 is 10.5 Å². The Morgan fingerprint density at radius 2 is 1.42 bits per heavy atom. The van der Waals surface area contributed by atoms with Gasteiger partial charge in [-0.3, -0.25) is 0 Å². The highest BCUT2D eigenvalue weighted by Gasteiger charge is 2.29. The van der Waals surface area contributed by atoms with Crippen LogP contribution in [-0.4, -0.2) is 22.4 Å². The van der Waals surface area contributed by atoms with Crippen molar-refractivity contribution in [2.45, 2.75) is 19.6 Å². The Kier molecular flexibility index (Phi) is 4.46. The van der Waals surface area contributed by atoms with E-state index in [1.54, 1.807) is 0 Å². The van der Waals surface area contributed by atoms with Crippen LogP contribution >= 0.6 is 0 Å². The molecule has 0 aliphatic carbocycles. The van der Waals surface area contributed by atoms with Gasteiger partial charge >= 0.3 is 0 Å². The van der Waals surface area contributed by atoms with Gasteiger partial charge in [-0.05, 0) is 6.42 Å². The molecule has 2 heterocycles. The molecule has 3 aromatic rings. The summed E-state index contributed by atoms with van der Waals surface area (Å²) in [6, 6.07) is 20.1. The van der Waals surface area contributed by atoms with Gasteiger partial charge in [0.1, 0.15) is 17.2 Å².